The number of hydrogen-bond acceptors (Lipinski definition) is 6. The Morgan fingerprint density at radius 1 is 0.926 bits per heavy atom. The van der Waals surface area contributed by atoms with Gasteiger partial charge in [-0.2, -0.15) is 4.98 Å². The van der Waals surface area contributed by atoms with Crippen molar-refractivity contribution in [1.82, 2.24) is 9.97 Å². The van der Waals surface area contributed by atoms with Crippen LogP contribution >= 0.6 is 0 Å². The molecule has 0 amide bonds. The maximum atomic E-state index is 11.4. The van der Waals surface area contributed by atoms with Crippen LogP contribution in [-0.4, -0.2) is 39.2 Å². The second-order valence-electron chi connectivity index (χ2n) is 5.60. The zero-order valence-corrected chi connectivity index (χ0v) is 14.3. The molecule has 2 aromatic carbocycles. The third kappa shape index (κ3) is 3.84. The molecule has 27 heavy (non-hydrogen) atoms. The first-order valence-corrected chi connectivity index (χ1v) is 7.96. The van der Waals surface area contributed by atoms with E-state index in [0.717, 1.165) is 0 Å². The zero-order chi connectivity index (χ0) is 19.4. The second-order valence-corrected chi connectivity index (χ2v) is 5.60. The van der Waals surface area contributed by atoms with Crippen molar-refractivity contribution in [3.05, 3.63) is 71.9 Å². The van der Waals surface area contributed by atoms with E-state index in [0.29, 0.717) is 17.2 Å². The lowest BCUT2D eigenvalue weighted by molar-refractivity contribution is 0.0687. The lowest BCUT2D eigenvalue weighted by Crippen LogP contribution is -2.17. The van der Waals surface area contributed by atoms with Crippen LogP contribution in [0.2, 0.25) is 0 Å². The number of hydrogen-bond donors (Lipinski definition) is 3. The van der Waals surface area contributed by atoms with Crippen molar-refractivity contribution < 1.29 is 19.8 Å². The number of benzene rings is 2. The van der Waals surface area contributed by atoms with Crippen LogP contribution in [0, 0.1) is 0 Å². The Morgan fingerprint density at radius 2 is 1.56 bits per heavy atom. The SMILES string of the molecule is CN(c1nccc(Nc2ccccc2C(=O)O)n1)c1ccccc1C(=O)O. The summed E-state index contributed by atoms with van der Waals surface area (Å²) in [6.45, 7) is 0. The van der Waals surface area contributed by atoms with Crippen molar-refractivity contribution in [3.63, 3.8) is 0 Å². The minimum Gasteiger partial charge on any atom is -0.478 e. The minimum atomic E-state index is -1.06. The fourth-order valence-corrected chi connectivity index (χ4v) is 2.55. The topological polar surface area (TPSA) is 116 Å². The number of carbonyl (C=O) groups is 2. The average molecular weight is 364 g/mol. The van der Waals surface area contributed by atoms with Gasteiger partial charge in [-0.05, 0) is 30.3 Å². The molecule has 1 aromatic heterocycles. The molecule has 0 saturated carbocycles. The van der Waals surface area contributed by atoms with Crippen LogP contribution in [0.15, 0.2) is 60.8 Å². The van der Waals surface area contributed by atoms with Crippen molar-refractivity contribution in [1.29, 1.82) is 0 Å². The predicted molar refractivity (Wildman–Crippen MR) is 100 cm³/mol. The Labute approximate surface area is 154 Å². The van der Waals surface area contributed by atoms with Gasteiger partial charge in [0.1, 0.15) is 5.82 Å². The summed E-state index contributed by atoms with van der Waals surface area (Å²) in [6, 6.07) is 14.6. The number of carboxylic acid groups (broad SMARTS) is 2. The Kier molecular flexibility index (Phi) is 4.98. The van der Waals surface area contributed by atoms with Gasteiger partial charge in [0.15, 0.2) is 0 Å². The summed E-state index contributed by atoms with van der Waals surface area (Å²) in [5.74, 6) is -1.46. The average Bonchev–Trinajstić information content (AvgIpc) is 2.68. The van der Waals surface area contributed by atoms with E-state index >= 15 is 0 Å². The largest absolute Gasteiger partial charge is 0.478 e. The highest BCUT2D eigenvalue weighted by Gasteiger charge is 2.16. The molecule has 0 atom stereocenters. The third-order valence-corrected chi connectivity index (χ3v) is 3.86. The molecule has 3 rings (SSSR count). The molecule has 0 aliphatic carbocycles. The second kappa shape index (κ2) is 7.52. The van der Waals surface area contributed by atoms with Crippen LogP contribution in [0.5, 0.6) is 0 Å². The Morgan fingerprint density at radius 3 is 2.26 bits per heavy atom. The molecule has 0 fully saturated rings. The van der Waals surface area contributed by atoms with Gasteiger partial charge in [0.05, 0.1) is 22.5 Å². The first-order chi connectivity index (χ1) is 13.0. The van der Waals surface area contributed by atoms with E-state index in [2.05, 4.69) is 15.3 Å². The smallest absolute Gasteiger partial charge is 0.337 e. The van der Waals surface area contributed by atoms with Gasteiger partial charge in [-0.15, -0.1) is 0 Å². The van der Waals surface area contributed by atoms with Crippen molar-refractivity contribution in [3.8, 4) is 0 Å². The number of carboxylic acids is 2. The molecule has 0 aliphatic rings. The molecule has 0 aliphatic heterocycles. The van der Waals surface area contributed by atoms with Crippen LogP contribution in [0.4, 0.5) is 23.1 Å². The third-order valence-electron chi connectivity index (χ3n) is 3.86. The maximum Gasteiger partial charge on any atom is 0.337 e. The van der Waals surface area contributed by atoms with E-state index in [-0.39, 0.29) is 17.1 Å². The van der Waals surface area contributed by atoms with Crippen LogP contribution in [0.1, 0.15) is 20.7 Å². The van der Waals surface area contributed by atoms with E-state index in [1.54, 1.807) is 54.4 Å². The molecule has 8 heteroatoms. The Hall–Kier alpha value is -3.94. The highest BCUT2D eigenvalue weighted by atomic mass is 16.4. The molecule has 136 valence electrons. The monoisotopic (exact) mass is 364 g/mol. The number of para-hydroxylation sites is 2. The normalized spacial score (nSPS) is 10.3. The highest BCUT2D eigenvalue weighted by molar-refractivity contribution is 5.96. The quantitative estimate of drug-likeness (QED) is 0.610. The number of nitrogens with one attached hydrogen (secondary N) is 1. The highest BCUT2D eigenvalue weighted by Crippen LogP contribution is 2.26. The van der Waals surface area contributed by atoms with Gasteiger partial charge in [0.25, 0.3) is 0 Å². The number of rotatable bonds is 6. The summed E-state index contributed by atoms with van der Waals surface area (Å²) < 4.78 is 0. The van der Waals surface area contributed by atoms with Crippen molar-refractivity contribution in [2.75, 3.05) is 17.3 Å². The van der Waals surface area contributed by atoms with E-state index in [9.17, 15) is 19.8 Å². The summed E-state index contributed by atoms with van der Waals surface area (Å²) in [7, 11) is 1.66. The summed E-state index contributed by atoms with van der Waals surface area (Å²) >= 11 is 0. The molecule has 1 heterocycles. The Bertz CT molecular complexity index is 1010. The van der Waals surface area contributed by atoms with Crippen molar-refractivity contribution in [2.45, 2.75) is 0 Å². The van der Waals surface area contributed by atoms with Gasteiger partial charge >= 0.3 is 11.9 Å². The number of aromatic nitrogens is 2. The predicted octanol–water partition coefficient (Wildman–Crippen LogP) is 3.38. The van der Waals surface area contributed by atoms with Gasteiger partial charge in [-0.3, -0.25) is 0 Å². The summed E-state index contributed by atoms with van der Waals surface area (Å²) in [5, 5.41) is 21.6. The maximum absolute atomic E-state index is 11.4. The zero-order valence-electron chi connectivity index (χ0n) is 14.3. The number of nitrogens with zero attached hydrogens (tertiary/aromatic N) is 3. The molecule has 0 saturated heterocycles. The van der Waals surface area contributed by atoms with Crippen LogP contribution in [0.3, 0.4) is 0 Å². The molecule has 0 bridgehead atoms. The van der Waals surface area contributed by atoms with E-state index < -0.39 is 11.9 Å². The molecular formula is C19H16N4O4. The first-order valence-electron chi connectivity index (χ1n) is 7.96. The molecule has 8 nitrogen and oxygen atoms in total. The van der Waals surface area contributed by atoms with Gasteiger partial charge in [0.2, 0.25) is 5.95 Å². The van der Waals surface area contributed by atoms with Crippen LogP contribution in [0.25, 0.3) is 0 Å². The summed E-state index contributed by atoms with van der Waals surface area (Å²) in [5.41, 5.74) is 1.07. The molecule has 0 radical (unpaired) electrons. The molecule has 0 unspecified atom stereocenters. The lowest BCUT2D eigenvalue weighted by Gasteiger charge is -2.19. The van der Waals surface area contributed by atoms with Crippen LogP contribution < -0.4 is 10.2 Å². The fraction of sp³-hybridized carbons (Fsp3) is 0.0526. The van der Waals surface area contributed by atoms with E-state index in [4.69, 9.17) is 0 Å². The Balaban J connectivity index is 1.93. The van der Waals surface area contributed by atoms with E-state index in [1.165, 1.54) is 18.3 Å². The fourth-order valence-electron chi connectivity index (χ4n) is 2.55. The number of anilines is 4. The van der Waals surface area contributed by atoms with Gasteiger partial charge in [-0.25, -0.2) is 14.6 Å². The molecular weight excluding hydrogens is 348 g/mol. The van der Waals surface area contributed by atoms with Gasteiger partial charge in [-0.1, -0.05) is 24.3 Å². The van der Waals surface area contributed by atoms with E-state index in [1.807, 2.05) is 0 Å². The van der Waals surface area contributed by atoms with Gasteiger partial charge in [0, 0.05) is 13.2 Å². The lowest BCUT2D eigenvalue weighted by atomic mass is 10.1. The first kappa shape index (κ1) is 17.9. The molecule has 3 N–H and O–H groups in total. The standard InChI is InChI=1S/C19H16N4O4/c1-23(15-9-5-3-7-13(15)18(26)27)19-20-11-10-16(22-19)21-14-8-4-2-6-12(14)17(24)25/h2-11H,1H3,(H,24,25)(H,26,27)(H,20,21,22). The summed E-state index contributed by atoms with van der Waals surface area (Å²) in [4.78, 5) is 32.9. The van der Waals surface area contributed by atoms with Crippen molar-refractivity contribution >= 4 is 35.1 Å². The molecule has 3 aromatic rings. The minimum absolute atomic E-state index is 0.113. The van der Waals surface area contributed by atoms with Gasteiger partial charge < -0.3 is 20.4 Å². The number of aromatic carboxylic acids is 2. The summed E-state index contributed by atoms with van der Waals surface area (Å²) in [6.07, 6.45) is 1.51. The van der Waals surface area contributed by atoms with Crippen LogP contribution in [-0.2, 0) is 0 Å². The molecule has 0 spiro atoms. The van der Waals surface area contributed by atoms with Crippen molar-refractivity contribution in [2.24, 2.45) is 0 Å².